The highest BCUT2D eigenvalue weighted by Crippen LogP contribution is 2.13. The highest BCUT2D eigenvalue weighted by molar-refractivity contribution is 5.87. The molecule has 0 radical (unpaired) electrons. The SMILES string of the molecule is C[C@H]1CN(C(=O)CCc2ccc(C(=O)O)cc2)C[C@H](C)O1. The van der Waals surface area contributed by atoms with Gasteiger partial charge >= 0.3 is 5.97 Å². The summed E-state index contributed by atoms with van der Waals surface area (Å²) >= 11 is 0. The fraction of sp³-hybridized carbons (Fsp3) is 0.500. The highest BCUT2D eigenvalue weighted by atomic mass is 16.5. The second-order valence-electron chi connectivity index (χ2n) is 5.56. The molecule has 5 heteroatoms. The Kier molecular flexibility index (Phi) is 4.96. The summed E-state index contributed by atoms with van der Waals surface area (Å²) in [5, 5.41) is 8.84. The smallest absolute Gasteiger partial charge is 0.335 e. The van der Waals surface area contributed by atoms with Crippen molar-refractivity contribution in [1.29, 1.82) is 0 Å². The van der Waals surface area contributed by atoms with E-state index < -0.39 is 5.97 Å². The van der Waals surface area contributed by atoms with Gasteiger partial charge in [0.05, 0.1) is 17.8 Å². The Morgan fingerprint density at radius 1 is 1.19 bits per heavy atom. The third kappa shape index (κ3) is 4.29. The van der Waals surface area contributed by atoms with Gasteiger partial charge in [-0.2, -0.15) is 0 Å². The lowest BCUT2D eigenvalue weighted by atomic mass is 10.1. The van der Waals surface area contributed by atoms with Gasteiger partial charge in [0.25, 0.3) is 0 Å². The zero-order chi connectivity index (χ0) is 15.4. The van der Waals surface area contributed by atoms with E-state index in [1.54, 1.807) is 24.3 Å². The molecule has 1 aliphatic rings. The van der Waals surface area contributed by atoms with E-state index in [1.807, 2.05) is 18.7 Å². The van der Waals surface area contributed by atoms with Crippen LogP contribution in [0.15, 0.2) is 24.3 Å². The van der Waals surface area contributed by atoms with Crippen molar-refractivity contribution in [3.8, 4) is 0 Å². The second kappa shape index (κ2) is 6.72. The molecule has 21 heavy (non-hydrogen) atoms. The summed E-state index contributed by atoms with van der Waals surface area (Å²) in [4.78, 5) is 24.8. The third-order valence-corrected chi connectivity index (χ3v) is 3.60. The monoisotopic (exact) mass is 291 g/mol. The van der Waals surface area contributed by atoms with E-state index in [9.17, 15) is 9.59 Å². The number of carboxylic acid groups (broad SMARTS) is 1. The number of hydrogen-bond acceptors (Lipinski definition) is 3. The minimum Gasteiger partial charge on any atom is -0.478 e. The number of carbonyl (C=O) groups excluding carboxylic acids is 1. The van der Waals surface area contributed by atoms with Gasteiger partial charge in [0.2, 0.25) is 5.91 Å². The first kappa shape index (κ1) is 15.5. The van der Waals surface area contributed by atoms with Gasteiger partial charge in [-0.1, -0.05) is 12.1 Å². The summed E-state index contributed by atoms with van der Waals surface area (Å²) in [5.41, 5.74) is 1.24. The molecule has 1 N–H and O–H groups in total. The predicted octanol–water partition coefficient (Wildman–Crippen LogP) is 1.95. The van der Waals surface area contributed by atoms with Crippen LogP contribution in [0.5, 0.6) is 0 Å². The number of carbonyl (C=O) groups is 2. The number of aryl methyl sites for hydroxylation is 1. The molecule has 1 amide bonds. The maximum Gasteiger partial charge on any atom is 0.335 e. The van der Waals surface area contributed by atoms with Gasteiger partial charge in [0.15, 0.2) is 0 Å². The van der Waals surface area contributed by atoms with Crippen molar-refractivity contribution in [3.63, 3.8) is 0 Å². The standard InChI is InChI=1S/C16H21NO4/c1-11-9-17(10-12(2)21-11)15(18)8-5-13-3-6-14(7-4-13)16(19)20/h3-4,6-7,11-12H,5,8-10H2,1-2H3,(H,19,20)/t11-,12-/m0/s1. The number of amides is 1. The molecule has 1 fully saturated rings. The lowest BCUT2D eigenvalue weighted by Gasteiger charge is -2.35. The number of aromatic carboxylic acids is 1. The quantitative estimate of drug-likeness (QED) is 0.920. The van der Waals surface area contributed by atoms with Gasteiger partial charge in [-0.25, -0.2) is 4.79 Å². The Labute approximate surface area is 124 Å². The Hall–Kier alpha value is -1.88. The summed E-state index contributed by atoms with van der Waals surface area (Å²) < 4.78 is 5.62. The summed E-state index contributed by atoms with van der Waals surface area (Å²) in [6, 6.07) is 6.67. The van der Waals surface area contributed by atoms with E-state index in [1.165, 1.54) is 0 Å². The van der Waals surface area contributed by atoms with Crippen LogP contribution in [0.2, 0.25) is 0 Å². The van der Waals surface area contributed by atoms with Crippen LogP contribution in [-0.4, -0.2) is 47.2 Å². The van der Waals surface area contributed by atoms with Crippen molar-refractivity contribution in [2.24, 2.45) is 0 Å². The molecule has 0 saturated carbocycles. The highest BCUT2D eigenvalue weighted by Gasteiger charge is 2.25. The molecule has 1 heterocycles. The molecular weight excluding hydrogens is 270 g/mol. The average Bonchev–Trinajstić information content (AvgIpc) is 2.44. The van der Waals surface area contributed by atoms with Gasteiger partial charge in [-0.05, 0) is 38.0 Å². The number of benzene rings is 1. The topological polar surface area (TPSA) is 66.8 Å². The number of carboxylic acids is 1. The van der Waals surface area contributed by atoms with Crippen LogP contribution in [0.3, 0.4) is 0 Å². The van der Waals surface area contributed by atoms with Crippen molar-refractivity contribution in [3.05, 3.63) is 35.4 Å². The maximum atomic E-state index is 12.2. The van der Waals surface area contributed by atoms with Crippen LogP contribution in [0.1, 0.15) is 36.2 Å². The number of rotatable bonds is 4. The fourth-order valence-corrected chi connectivity index (χ4v) is 2.60. The number of nitrogens with zero attached hydrogens (tertiary/aromatic N) is 1. The van der Waals surface area contributed by atoms with E-state index >= 15 is 0 Å². The molecule has 0 bridgehead atoms. The number of ether oxygens (including phenoxy) is 1. The first-order chi connectivity index (χ1) is 9.95. The fourth-order valence-electron chi connectivity index (χ4n) is 2.60. The van der Waals surface area contributed by atoms with E-state index in [-0.39, 0.29) is 23.7 Å². The Morgan fingerprint density at radius 3 is 2.29 bits per heavy atom. The minimum atomic E-state index is -0.936. The van der Waals surface area contributed by atoms with E-state index in [0.717, 1.165) is 5.56 Å². The summed E-state index contributed by atoms with van der Waals surface area (Å²) in [6.45, 7) is 5.23. The van der Waals surface area contributed by atoms with E-state index in [4.69, 9.17) is 9.84 Å². The molecule has 1 saturated heterocycles. The maximum absolute atomic E-state index is 12.2. The number of hydrogen-bond donors (Lipinski definition) is 1. The lowest BCUT2D eigenvalue weighted by Crippen LogP contribution is -2.48. The van der Waals surface area contributed by atoms with Crippen LogP contribution < -0.4 is 0 Å². The van der Waals surface area contributed by atoms with Crippen molar-refractivity contribution < 1.29 is 19.4 Å². The van der Waals surface area contributed by atoms with Crippen LogP contribution >= 0.6 is 0 Å². The Bertz CT molecular complexity index is 502. The van der Waals surface area contributed by atoms with Gasteiger partial charge < -0.3 is 14.7 Å². The van der Waals surface area contributed by atoms with Crippen LogP contribution in [0.25, 0.3) is 0 Å². The molecule has 0 aromatic heterocycles. The zero-order valence-electron chi connectivity index (χ0n) is 12.4. The average molecular weight is 291 g/mol. The molecule has 0 aliphatic carbocycles. The molecule has 0 unspecified atom stereocenters. The molecular formula is C16H21NO4. The van der Waals surface area contributed by atoms with Gasteiger partial charge in [-0.15, -0.1) is 0 Å². The molecule has 0 spiro atoms. The normalized spacial score (nSPS) is 22.1. The van der Waals surface area contributed by atoms with Crippen LogP contribution in [0.4, 0.5) is 0 Å². The Morgan fingerprint density at radius 2 is 1.76 bits per heavy atom. The molecule has 2 rings (SSSR count). The third-order valence-electron chi connectivity index (χ3n) is 3.60. The number of morpholine rings is 1. The van der Waals surface area contributed by atoms with Crippen molar-refractivity contribution >= 4 is 11.9 Å². The summed E-state index contributed by atoms with van der Waals surface area (Å²) in [5.74, 6) is -0.812. The Balaban J connectivity index is 1.87. The van der Waals surface area contributed by atoms with E-state index in [2.05, 4.69) is 0 Å². The summed E-state index contributed by atoms with van der Waals surface area (Å²) in [6.07, 6.45) is 1.21. The van der Waals surface area contributed by atoms with Gasteiger partial charge in [0, 0.05) is 19.5 Å². The van der Waals surface area contributed by atoms with Crippen molar-refractivity contribution in [2.75, 3.05) is 13.1 Å². The van der Waals surface area contributed by atoms with Crippen LogP contribution in [-0.2, 0) is 16.0 Å². The predicted molar refractivity (Wildman–Crippen MR) is 78.3 cm³/mol. The summed E-state index contributed by atoms with van der Waals surface area (Å²) in [7, 11) is 0. The molecule has 1 aromatic carbocycles. The molecule has 5 nitrogen and oxygen atoms in total. The largest absolute Gasteiger partial charge is 0.478 e. The van der Waals surface area contributed by atoms with E-state index in [0.29, 0.717) is 25.9 Å². The first-order valence-electron chi connectivity index (χ1n) is 7.21. The minimum absolute atomic E-state index is 0.0764. The van der Waals surface area contributed by atoms with Crippen molar-refractivity contribution in [2.45, 2.75) is 38.9 Å². The second-order valence-corrected chi connectivity index (χ2v) is 5.56. The van der Waals surface area contributed by atoms with Gasteiger partial charge in [-0.3, -0.25) is 4.79 Å². The zero-order valence-corrected chi connectivity index (χ0v) is 12.4. The molecule has 114 valence electrons. The molecule has 2 atom stereocenters. The molecule has 1 aromatic rings. The van der Waals surface area contributed by atoms with Crippen LogP contribution in [0, 0.1) is 0 Å². The first-order valence-corrected chi connectivity index (χ1v) is 7.21. The van der Waals surface area contributed by atoms with Gasteiger partial charge in [0.1, 0.15) is 0 Å². The lowest BCUT2D eigenvalue weighted by molar-refractivity contribution is -0.143. The molecule has 1 aliphatic heterocycles. The van der Waals surface area contributed by atoms with Crippen molar-refractivity contribution in [1.82, 2.24) is 4.90 Å².